The summed E-state index contributed by atoms with van der Waals surface area (Å²) in [5.41, 5.74) is 0.971. The lowest BCUT2D eigenvalue weighted by Crippen LogP contribution is -2.37. The van der Waals surface area contributed by atoms with Crippen LogP contribution in [0.15, 0.2) is 34.9 Å². The summed E-state index contributed by atoms with van der Waals surface area (Å²) in [6.45, 7) is 3.87. The minimum Gasteiger partial charge on any atom is -0.486 e. The summed E-state index contributed by atoms with van der Waals surface area (Å²) in [5.74, 6) is 1.51. The van der Waals surface area contributed by atoms with Gasteiger partial charge in [0.05, 0.1) is 0 Å². The first-order valence-corrected chi connectivity index (χ1v) is 9.26. The number of anilines is 1. The van der Waals surface area contributed by atoms with Crippen LogP contribution in [0.4, 0.5) is 5.69 Å². The molecule has 2 amide bonds. The Balaban J connectivity index is 1.48. The van der Waals surface area contributed by atoms with Crippen molar-refractivity contribution in [3.63, 3.8) is 0 Å². The molecule has 2 N–H and O–H groups in total. The summed E-state index contributed by atoms with van der Waals surface area (Å²) < 4.78 is 10.8. The second-order valence-corrected chi connectivity index (χ2v) is 7.10. The largest absolute Gasteiger partial charge is 0.486 e. The maximum Gasteiger partial charge on any atom is 0.273 e. The van der Waals surface area contributed by atoms with Gasteiger partial charge in [0.2, 0.25) is 5.91 Å². The second kappa shape index (κ2) is 8.70. The second-order valence-electron chi connectivity index (χ2n) is 7.10. The first-order chi connectivity index (χ1) is 13.0. The zero-order valence-electron chi connectivity index (χ0n) is 15.7. The third-order valence-electron chi connectivity index (χ3n) is 4.70. The standard InChI is InChI=1S/C20H25N3O4/c1-13-3-5-16(6-4-13)22-20(25)19-11-18(27-23-19)12-26-17-9-7-15(8-10-17)21-14(2)24/h7-11,13,16H,3-6,12H2,1-2H3,(H,21,24)(H,22,25). The molecule has 7 heteroatoms. The van der Waals surface area contributed by atoms with Gasteiger partial charge in [0.15, 0.2) is 11.5 Å². The van der Waals surface area contributed by atoms with E-state index in [2.05, 4.69) is 22.7 Å². The molecular formula is C20H25N3O4. The van der Waals surface area contributed by atoms with Gasteiger partial charge in [-0.2, -0.15) is 0 Å². The van der Waals surface area contributed by atoms with Gasteiger partial charge in [-0.25, -0.2) is 0 Å². The number of rotatable bonds is 6. The summed E-state index contributed by atoms with van der Waals surface area (Å²) in [4.78, 5) is 23.3. The Kier molecular flexibility index (Phi) is 6.11. The lowest BCUT2D eigenvalue weighted by molar-refractivity contribution is -0.114. The Morgan fingerprint density at radius 3 is 2.56 bits per heavy atom. The first kappa shape index (κ1) is 18.9. The predicted octanol–water partition coefficient (Wildman–Crippen LogP) is 3.52. The minimum absolute atomic E-state index is 0.126. The molecule has 0 atom stereocenters. The van der Waals surface area contributed by atoms with Crippen LogP contribution in [-0.2, 0) is 11.4 Å². The van der Waals surface area contributed by atoms with Crippen LogP contribution in [-0.4, -0.2) is 23.0 Å². The normalized spacial score (nSPS) is 19.3. The molecule has 1 saturated carbocycles. The highest BCUT2D eigenvalue weighted by Crippen LogP contribution is 2.23. The molecule has 1 heterocycles. The number of carbonyl (C=O) groups excluding carboxylic acids is 2. The summed E-state index contributed by atoms with van der Waals surface area (Å²) in [5, 5.41) is 9.56. The van der Waals surface area contributed by atoms with Crippen molar-refractivity contribution in [1.29, 1.82) is 0 Å². The zero-order valence-corrected chi connectivity index (χ0v) is 15.7. The number of benzene rings is 1. The van der Waals surface area contributed by atoms with Crippen LogP contribution >= 0.6 is 0 Å². The van der Waals surface area contributed by atoms with Crippen molar-refractivity contribution < 1.29 is 18.8 Å². The van der Waals surface area contributed by atoms with E-state index in [-0.39, 0.29) is 30.2 Å². The fourth-order valence-electron chi connectivity index (χ4n) is 3.14. The van der Waals surface area contributed by atoms with E-state index in [0.29, 0.717) is 17.2 Å². The smallest absolute Gasteiger partial charge is 0.273 e. The molecular weight excluding hydrogens is 346 g/mol. The molecule has 144 valence electrons. The lowest BCUT2D eigenvalue weighted by atomic mass is 9.87. The SMILES string of the molecule is CC(=O)Nc1ccc(OCc2cc(C(=O)NC3CCC(C)CC3)no2)cc1. The van der Waals surface area contributed by atoms with Crippen molar-refractivity contribution in [3.8, 4) is 5.75 Å². The van der Waals surface area contributed by atoms with Crippen LogP contribution in [0.1, 0.15) is 55.8 Å². The van der Waals surface area contributed by atoms with Gasteiger partial charge < -0.3 is 19.9 Å². The van der Waals surface area contributed by atoms with Crippen LogP contribution in [0.5, 0.6) is 5.75 Å². The van der Waals surface area contributed by atoms with Gasteiger partial charge >= 0.3 is 0 Å². The molecule has 1 aliphatic carbocycles. The van der Waals surface area contributed by atoms with Crippen LogP contribution in [0.2, 0.25) is 0 Å². The van der Waals surface area contributed by atoms with E-state index in [1.807, 2.05) is 0 Å². The predicted molar refractivity (Wildman–Crippen MR) is 100 cm³/mol. The van der Waals surface area contributed by atoms with Crippen molar-refractivity contribution in [3.05, 3.63) is 41.8 Å². The van der Waals surface area contributed by atoms with Crippen LogP contribution in [0.25, 0.3) is 0 Å². The molecule has 0 unspecified atom stereocenters. The molecule has 0 aliphatic heterocycles. The third-order valence-corrected chi connectivity index (χ3v) is 4.70. The van der Waals surface area contributed by atoms with E-state index < -0.39 is 0 Å². The number of amides is 2. The summed E-state index contributed by atoms with van der Waals surface area (Å²) in [7, 11) is 0. The van der Waals surface area contributed by atoms with Crippen molar-refractivity contribution >= 4 is 17.5 Å². The number of nitrogens with one attached hydrogen (secondary N) is 2. The van der Waals surface area contributed by atoms with Gasteiger partial charge in [-0.15, -0.1) is 0 Å². The Hall–Kier alpha value is -2.83. The van der Waals surface area contributed by atoms with Gasteiger partial charge in [0.25, 0.3) is 5.91 Å². The summed E-state index contributed by atoms with van der Waals surface area (Å²) in [6, 6.07) is 8.82. The van der Waals surface area contributed by atoms with Gasteiger partial charge in [-0.3, -0.25) is 9.59 Å². The van der Waals surface area contributed by atoms with E-state index in [1.54, 1.807) is 30.3 Å². The highest BCUT2D eigenvalue weighted by molar-refractivity contribution is 5.92. The van der Waals surface area contributed by atoms with Crippen molar-refractivity contribution in [2.45, 2.75) is 52.2 Å². The Bertz CT molecular complexity index is 777. The van der Waals surface area contributed by atoms with E-state index in [4.69, 9.17) is 9.26 Å². The third kappa shape index (κ3) is 5.57. The molecule has 1 fully saturated rings. The fraction of sp³-hybridized carbons (Fsp3) is 0.450. The molecule has 0 spiro atoms. The van der Waals surface area contributed by atoms with Crippen LogP contribution in [0.3, 0.4) is 0 Å². The number of aromatic nitrogens is 1. The average Bonchev–Trinajstić information content (AvgIpc) is 3.12. The molecule has 27 heavy (non-hydrogen) atoms. The maximum atomic E-state index is 12.3. The summed E-state index contributed by atoms with van der Waals surface area (Å²) in [6.07, 6.45) is 4.30. The number of nitrogens with zero attached hydrogens (tertiary/aromatic N) is 1. The molecule has 2 aromatic rings. The Morgan fingerprint density at radius 2 is 1.89 bits per heavy atom. The van der Waals surface area contributed by atoms with Crippen molar-refractivity contribution in [2.24, 2.45) is 5.92 Å². The molecule has 7 nitrogen and oxygen atoms in total. The molecule has 0 radical (unpaired) electrons. The minimum atomic E-state index is -0.204. The van der Waals surface area contributed by atoms with Crippen molar-refractivity contribution in [1.82, 2.24) is 10.5 Å². The topological polar surface area (TPSA) is 93.5 Å². The molecule has 1 aliphatic rings. The van der Waals surface area contributed by atoms with Crippen molar-refractivity contribution in [2.75, 3.05) is 5.32 Å². The highest BCUT2D eigenvalue weighted by Gasteiger charge is 2.22. The van der Waals surface area contributed by atoms with Crippen LogP contribution < -0.4 is 15.4 Å². The van der Waals surface area contributed by atoms with E-state index >= 15 is 0 Å². The number of hydrogen-bond acceptors (Lipinski definition) is 5. The quantitative estimate of drug-likeness (QED) is 0.810. The van der Waals surface area contributed by atoms with E-state index in [0.717, 1.165) is 31.6 Å². The monoisotopic (exact) mass is 371 g/mol. The van der Waals surface area contributed by atoms with Gasteiger partial charge in [0, 0.05) is 24.7 Å². The molecule has 1 aromatic heterocycles. The summed E-state index contributed by atoms with van der Waals surface area (Å²) >= 11 is 0. The van der Waals surface area contributed by atoms with Gasteiger partial charge in [-0.1, -0.05) is 12.1 Å². The first-order valence-electron chi connectivity index (χ1n) is 9.26. The average molecular weight is 371 g/mol. The Labute approximate surface area is 158 Å². The fourth-order valence-corrected chi connectivity index (χ4v) is 3.14. The molecule has 3 rings (SSSR count). The van der Waals surface area contributed by atoms with E-state index in [9.17, 15) is 9.59 Å². The number of hydrogen-bond donors (Lipinski definition) is 2. The molecule has 0 bridgehead atoms. The zero-order chi connectivity index (χ0) is 19.2. The van der Waals surface area contributed by atoms with Gasteiger partial charge in [0.1, 0.15) is 12.4 Å². The lowest BCUT2D eigenvalue weighted by Gasteiger charge is -2.26. The molecule has 0 saturated heterocycles. The Morgan fingerprint density at radius 1 is 1.19 bits per heavy atom. The molecule has 1 aromatic carbocycles. The van der Waals surface area contributed by atoms with E-state index in [1.165, 1.54) is 6.92 Å². The van der Waals surface area contributed by atoms with Gasteiger partial charge in [-0.05, 0) is 55.9 Å². The number of carbonyl (C=O) groups is 2. The number of ether oxygens (including phenoxy) is 1. The maximum absolute atomic E-state index is 12.3. The highest BCUT2D eigenvalue weighted by atomic mass is 16.5. The van der Waals surface area contributed by atoms with Crippen LogP contribution in [0, 0.1) is 5.92 Å².